The third-order valence-corrected chi connectivity index (χ3v) is 6.72. The van der Waals surface area contributed by atoms with Crippen molar-refractivity contribution in [3.63, 3.8) is 0 Å². The van der Waals surface area contributed by atoms with Crippen LogP contribution in [0.3, 0.4) is 0 Å². The predicted octanol–water partition coefficient (Wildman–Crippen LogP) is 2.26. The number of amides is 1. The molecule has 1 aliphatic heterocycles. The van der Waals surface area contributed by atoms with Gasteiger partial charge in [0, 0.05) is 16.6 Å². The van der Waals surface area contributed by atoms with Gasteiger partial charge in [0.25, 0.3) is 5.91 Å². The maximum absolute atomic E-state index is 12.6. The van der Waals surface area contributed by atoms with Gasteiger partial charge in [-0.3, -0.25) is 9.59 Å². The average Bonchev–Trinajstić information content (AvgIpc) is 2.99. The van der Waals surface area contributed by atoms with Crippen LogP contribution in [0.5, 0.6) is 0 Å². The summed E-state index contributed by atoms with van der Waals surface area (Å²) in [6, 6.07) is 12.0. The number of esters is 1. The summed E-state index contributed by atoms with van der Waals surface area (Å²) in [5.41, 5.74) is 2.40. The van der Waals surface area contributed by atoms with Crippen molar-refractivity contribution in [2.24, 2.45) is 5.14 Å². The van der Waals surface area contributed by atoms with Crippen molar-refractivity contribution in [2.45, 2.75) is 36.1 Å². The fourth-order valence-corrected chi connectivity index (χ4v) is 4.66. The van der Waals surface area contributed by atoms with E-state index in [0.29, 0.717) is 12.1 Å². The minimum atomic E-state index is -3.81. The first-order chi connectivity index (χ1) is 13.7. The van der Waals surface area contributed by atoms with E-state index < -0.39 is 16.0 Å². The normalized spacial score (nSPS) is 15.8. The molecular weight excluding hydrogens is 412 g/mol. The molecule has 3 rings (SSSR count). The van der Waals surface area contributed by atoms with Crippen molar-refractivity contribution in [1.82, 2.24) is 0 Å². The van der Waals surface area contributed by atoms with Crippen molar-refractivity contribution >= 4 is 39.3 Å². The van der Waals surface area contributed by atoms with Gasteiger partial charge in [0.15, 0.2) is 6.61 Å². The molecule has 1 aliphatic rings. The third kappa shape index (κ3) is 4.98. The number of hydrogen-bond acceptors (Lipinski definition) is 6. The molecule has 2 aromatic rings. The molecule has 1 amide bonds. The van der Waals surface area contributed by atoms with Gasteiger partial charge in [-0.25, -0.2) is 13.6 Å². The Kier molecular flexibility index (Phi) is 6.30. The Morgan fingerprint density at radius 1 is 1.24 bits per heavy atom. The highest BCUT2D eigenvalue weighted by Gasteiger charge is 2.32. The van der Waals surface area contributed by atoms with E-state index in [1.165, 1.54) is 28.8 Å². The maximum atomic E-state index is 12.6. The molecule has 0 unspecified atom stereocenters. The molecule has 0 saturated heterocycles. The summed E-state index contributed by atoms with van der Waals surface area (Å²) in [6.45, 7) is 3.45. The van der Waals surface area contributed by atoms with Crippen LogP contribution in [0.2, 0.25) is 0 Å². The number of carbonyl (C=O) groups is 2. The molecule has 1 atom stereocenters. The van der Waals surface area contributed by atoms with E-state index in [-0.39, 0.29) is 29.2 Å². The minimum Gasteiger partial charge on any atom is -0.455 e. The van der Waals surface area contributed by atoms with E-state index in [1.54, 1.807) is 6.07 Å². The molecule has 29 heavy (non-hydrogen) atoms. The number of hydrogen-bond donors (Lipinski definition) is 1. The van der Waals surface area contributed by atoms with Crippen LogP contribution in [0, 0.1) is 6.92 Å². The van der Waals surface area contributed by atoms with Gasteiger partial charge in [0.1, 0.15) is 0 Å². The average molecular weight is 435 g/mol. The lowest BCUT2D eigenvalue weighted by Gasteiger charge is -2.22. The van der Waals surface area contributed by atoms with Gasteiger partial charge in [0.2, 0.25) is 10.0 Å². The number of sulfonamides is 1. The van der Waals surface area contributed by atoms with E-state index in [1.807, 2.05) is 38.1 Å². The molecule has 0 spiro atoms. The summed E-state index contributed by atoms with van der Waals surface area (Å²) < 4.78 is 28.2. The molecule has 0 saturated carbocycles. The molecule has 0 aliphatic carbocycles. The first kappa shape index (κ1) is 21.4. The number of nitrogens with two attached hydrogens (primary N) is 1. The van der Waals surface area contributed by atoms with Gasteiger partial charge < -0.3 is 9.64 Å². The Morgan fingerprint density at radius 2 is 1.97 bits per heavy atom. The smallest absolute Gasteiger partial charge is 0.316 e. The lowest BCUT2D eigenvalue weighted by molar-refractivity contribution is -0.145. The zero-order valence-electron chi connectivity index (χ0n) is 16.1. The van der Waals surface area contributed by atoms with Gasteiger partial charge >= 0.3 is 5.97 Å². The van der Waals surface area contributed by atoms with E-state index in [4.69, 9.17) is 9.88 Å². The summed E-state index contributed by atoms with van der Waals surface area (Å²) in [5.74, 6) is -0.709. The number of fused-ring (bicyclic) bond motifs is 1. The number of primary sulfonamides is 1. The van der Waals surface area contributed by atoms with E-state index in [0.717, 1.165) is 16.0 Å². The molecule has 2 aromatic carbocycles. The van der Waals surface area contributed by atoms with Crippen molar-refractivity contribution in [2.75, 3.05) is 17.3 Å². The Bertz CT molecular complexity index is 1050. The molecule has 0 radical (unpaired) electrons. The maximum Gasteiger partial charge on any atom is 0.316 e. The highest BCUT2D eigenvalue weighted by Crippen LogP contribution is 2.33. The summed E-state index contributed by atoms with van der Waals surface area (Å²) in [6.07, 6.45) is 0.502. The summed E-state index contributed by atoms with van der Waals surface area (Å²) >= 11 is 1.36. The Morgan fingerprint density at radius 3 is 2.66 bits per heavy atom. The Balaban J connectivity index is 1.60. The van der Waals surface area contributed by atoms with Crippen LogP contribution in [0.25, 0.3) is 0 Å². The van der Waals surface area contributed by atoms with Crippen LogP contribution in [0.15, 0.2) is 52.3 Å². The predicted molar refractivity (Wildman–Crippen MR) is 111 cm³/mol. The number of aryl methyl sites for hydroxylation is 1. The first-order valence-electron chi connectivity index (χ1n) is 8.98. The van der Waals surface area contributed by atoms with Gasteiger partial charge in [-0.15, -0.1) is 11.8 Å². The third-order valence-electron chi connectivity index (χ3n) is 4.66. The first-order valence-corrected chi connectivity index (χ1v) is 11.5. The van der Waals surface area contributed by atoms with Gasteiger partial charge in [0.05, 0.1) is 10.6 Å². The van der Waals surface area contributed by atoms with Crippen molar-refractivity contribution in [1.29, 1.82) is 0 Å². The lowest BCUT2D eigenvalue weighted by atomic mass is 10.1. The van der Waals surface area contributed by atoms with E-state index in [9.17, 15) is 18.0 Å². The Labute approximate surface area is 174 Å². The number of benzene rings is 2. The monoisotopic (exact) mass is 434 g/mol. The summed E-state index contributed by atoms with van der Waals surface area (Å²) in [7, 11) is -3.81. The standard InChI is InChI=1S/C20H22N2O5S2/c1-13-5-3-4-6-18(13)28-12-20(24)27-11-19(23)22-14(2)9-15-10-16(29(21,25)26)7-8-17(15)22/h3-8,10,14H,9,11-12H2,1-2H3,(H2,21,25,26)/t14-/m1/s1. The highest BCUT2D eigenvalue weighted by molar-refractivity contribution is 8.00. The lowest BCUT2D eigenvalue weighted by Crippen LogP contribution is -2.38. The van der Waals surface area contributed by atoms with Crippen LogP contribution >= 0.6 is 11.8 Å². The number of nitrogens with zero attached hydrogens (tertiary/aromatic N) is 1. The molecule has 9 heteroatoms. The van der Waals surface area contributed by atoms with Crippen LogP contribution < -0.4 is 10.0 Å². The van der Waals surface area contributed by atoms with E-state index >= 15 is 0 Å². The van der Waals surface area contributed by atoms with Gasteiger partial charge in [-0.1, -0.05) is 18.2 Å². The van der Waals surface area contributed by atoms with Crippen molar-refractivity contribution in [3.05, 3.63) is 53.6 Å². The zero-order chi connectivity index (χ0) is 21.2. The molecule has 2 N–H and O–H groups in total. The number of rotatable bonds is 6. The van der Waals surface area contributed by atoms with Crippen molar-refractivity contribution in [3.8, 4) is 0 Å². The number of carbonyl (C=O) groups excluding carboxylic acids is 2. The zero-order valence-corrected chi connectivity index (χ0v) is 17.8. The van der Waals surface area contributed by atoms with Gasteiger partial charge in [-0.05, 0) is 55.7 Å². The second kappa shape index (κ2) is 8.56. The van der Waals surface area contributed by atoms with Crippen LogP contribution in [0.4, 0.5) is 5.69 Å². The minimum absolute atomic E-state index is 0.0115. The fourth-order valence-electron chi connectivity index (χ4n) is 3.27. The molecule has 0 aromatic heterocycles. The molecule has 7 nitrogen and oxygen atoms in total. The van der Waals surface area contributed by atoms with Crippen LogP contribution in [0.1, 0.15) is 18.1 Å². The molecule has 0 bridgehead atoms. The molecule has 0 fully saturated rings. The Hall–Kier alpha value is -2.36. The number of thioether (sulfide) groups is 1. The summed E-state index contributed by atoms with van der Waals surface area (Å²) in [4.78, 5) is 27.2. The second-order valence-electron chi connectivity index (χ2n) is 6.87. The second-order valence-corrected chi connectivity index (χ2v) is 9.45. The fraction of sp³-hybridized carbons (Fsp3) is 0.300. The molecule has 1 heterocycles. The van der Waals surface area contributed by atoms with E-state index in [2.05, 4.69) is 0 Å². The van der Waals surface area contributed by atoms with Crippen LogP contribution in [-0.4, -0.2) is 38.7 Å². The largest absolute Gasteiger partial charge is 0.455 e. The topological polar surface area (TPSA) is 107 Å². The van der Waals surface area contributed by atoms with Crippen LogP contribution in [-0.2, 0) is 30.8 Å². The number of ether oxygens (including phenoxy) is 1. The molecule has 154 valence electrons. The summed E-state index contributed by atoms with van der Waals surface area (Å²) in [5, 5.41) is 5.17. The van der Waals surface area contributed by atoms with Crippen molar-refractivity contribution < 1.29 is 22.7 Å². The molecular formula is C20H22N2O5S2. The van der Waals surface area contributed by atoms with Gasteiger partial charge in [-0.2, -0.15) is 0 Å². The SMILES string of the molecule is Cc1ccccc1SCC(=O)OCC(=O)N1c2ccc(S(N)(=O)=O)cc2C[C@H]1C. The number of anilines is 1. The quantitative estimate of drug-likeness (QED) is 0.552. The highest BCUT2D eigenvalue weighted by atomic mass is 32.2.